The highest BCUT2D eigenvalue weighted by Crippen LogP contribution is 2.33. The monoisotopic (exact) mass is 598 g/mol. The fourth-order valence-corrected chi connectivity index (χ4v) is 6.13. The first kappa shape index (κ1) is 28.2. The van der Waals surface area contributed by atoms with Crippen molar-refractivity contribution in [2.45, 2.75) is 68.1 Å². The number of aliphatic hydroxyl groups is 3. The Morgan fingerprint density at radius 3 is 2.55 bits per heavy atom. The van der Waals surface area contributed by atoms with Crippen molar-refractivity contribution >= 4 is 37.7 Å². The van der Waals surface area contributed by atoms with Gasteiger partial charge in [-0.15, -0.1) is 0 Å². The number of nitrogens with one attached hydrogen (secondary N) is 2. The van der Waals surface area contributed by atoms with E-state index in [0.717, 1.165) is 31.2 Å². The molecule has 15 nitrogen and oxygen atoms in total. The lowest BCUT2D eigenvalue weighted by molar-refractivity contribution is -0.0511. The van der Waals surface area contributed by atoms with Crippen molar-refractivity contribution in [2.75, 3.05) is 17.2 Å². The maximum atomic E-state index is 12.8. The highest BCUT2D eigenvalue weighted by atomic mass is 32.2. The van der Waals surface area contributed by atoms with E-state index in [4.69, 9.17) is 4.74 Å². The fourth-order valence-electron chi connectivity index (χ4n) is 5.17. The Bertz CT molecular complexity index is 1720. The minimum Gasteiger partial charge on any atom is -0.394 e. The average molecular weight is 599 g/mol. The standard InChI is InChI=1S/C26H30N8O7S/c1-14-6-8-17(9-7-14)42(39,40)26(38)30-16-10-28-34(11-16)25-31-22(29-15-4-2-3-5-15)19-23(32-25)33(13-27-19)24-21(37)20(36)18(12-35)41-24/h6-11,13,15,18,20-21,24,35-37H,2-5,12H2,1H3,(H,30,38)(H,29,31,32)/t18-,20?,21?,24-/m1/s1. The molecule has 0 radical (unpaired) electrons. The molecule has 2 fully saturated rings. The molecule has 1 aliphatic carbocycles. The molecular formula is C26H30N8O7S. The molecule has 0 bridgehead atoms. The van der Waals surface area contributed by atoms with Crippen LogP contribution in [0.4, 0.5) is 16.3 Å². The summed E-state index contributed by atoms with van der Waals surface area (Å²) in [5, 5.41) is 39.2. The minimum absolute atomic E-state index is 0.0679. The third kappa shape index (κ3) is 5.11. The molecule has 2 aliphatic rings. The van der Waals surface area contributed by atoms with Crippen molar-refractivity contribution in [3.8, 4) is 5.95 Å². The Hall–Kier alpha value is -3.96. The number of hydrogen-bond acceptors (Lipinski definition) is 12. The highest BCUT2D eigenvalue weighted by Gasteiger charge is 2.44. The number of aryl methyl sites for hydroxylation is 1. The molecule has 3 aromatic heterocycles. The van der Waals surface area contributed by atoms with Crippen LogP contribution in [0.5, 0.6) is 0 Å². The molecule has 1 saturated carbocycles. The van der Waals surface area contributed by atoms with Gasteiger partial charge in [-0.05, 0) is 31.9 Å². The average Bonchev–Trinajstić information content (AvgIpc) is 3.78. The van der Waals surface area contributed by atoms with Crippen molar-refractivity contribution in [3.05, 3.63) is 48.5 Å². The molecule has 1 aromatic carbocycles. The van der Waals surface area contributed by atoms with Crippen molar-refractivity contribution in [3.63, 3.8) is 0 Å². The van der Waals surface area contributed by atoms with Gasteiger partial charge in [-0.1, -0.05) is 30.5 Å². The molecule has 222 valence electrons. The van der Waals surface area contributed by atoms with Crippen LogP contribution in [0.15, 0.2) is 47.9 Å². The molecule has 42 heavy (non-hydrogen) atoms. The summed E-state index contributed by atoms with van der Waals surface area (Å²) >= 11 is 0. The van der Waals surface area contributed by atoms with Gasteiger partial charge in [-0.25, -0.2) is 18.1 Å². The zero-order valence-corrected chi connectivity index (χ0v) is 23.3. The van der Waals surface area contributed by atoms with Crippen LogP contribution in [0.25, 0.3) is 17.1 Å². The van der Waals surface area contributed by atoms with Crippen molar-refractivity contribution in [1.29, 1.82) is 0 Å². The molecule has 4 aromatic rings. The molecule has 1 aliphatic heterocycles. The van der Waals surface area contributed by atoms with Gasteiger partial charge in [0.15, 0.2) is 23.2 Å². The normalized spacial score (nSPS) is 23.0. The van der Waals surface area contributed by atoms with Gasteiger partial charge >= 0.3 is 5.24 Å². The highest BCUT2D eigenvalue weighted by molar-refractivity contribution is 8.06. The van der Waals surface area contributed by atoms with Gasteiger partial charge in [0, 0.05) is 6.04 Å². The second-order valence-corrected chi connectivity index (χ2v) is 12.3. The molecule has 5 N–H and O–H groups in total. The number of nitrogens with zero attached hydrogens (tertiary/aromatic N) is 6. The third-order valence-electron chi connectivity index (χ3n) is 7.51. The zero-order chi connectivity index (χ0) is 29.6. The molecule has 4 heterocycles. The van der Waals surface area contributed by atoms with Gasteiger partial charge in [0.1, 0.15) is 18.3 Å². The number of ether oxygens (including phenoxy) is 1. The summed E-state index contributed by atoms with van der Waals surface area (Å²) in [6, 6.07) is 6.10. The Morgan fingerprint density at radius 1 is 1.12 bits per heavy atom. The Balaban J connectivity index is 1.33. The lowest BCUT2D eigenvalue weighted by atomic mass is 10.1. The summed E-state index contributed by atoms with van der Waals surface area (Å²) < 4.78 is 33.9. The van der Waals surface area contributed by atoms with E-state index >= 15 is 0 Å². The van der Waals surface area contributed by atoms with Gasteiger partial charge in [-0.2, -0.15) is 15.1 Å². The summed E-state index contributed by atoms with van der Waals surface area (Å²) in [5.74, 6) is 0.480. The van der Waals surface area contributed by atoms with E-state index in [9.17, 15) is 28.5 Å². The van der Waals surface area contributed by atoms with Crippen molar-refractivity contribution < 1.29 is 33.3 Å². The smallest absolute Gasteiger partial charge is 0.345 e. The predicted octanol–water partition coefficient (Wildman–Crippen LogP) is 1.29. The Labute approximate surface area is 240 Å². The van der Waals surface area contributed by atoms with Crippen molar-refractivity contribution in [2.24, 2.45) is 0 Å². The number of carbonyl (C=O) groups is 1. The maximum Gasteiger partial charge on any atom is 0.345 e. The van der Waals surface area contributed by atoms with Crippen LogP contribution in [0.3, 0.4) is 0 Å². The topological polar surface area (TPSA) is 207 Å². The van der Waals surface area contributed by atoms with Crippen LogP contribution in [-0.2, 0) is 14.6 Å². The van der Waals surface area contributed by atoms with E-state index in [1.54, 1.807) is 12.1 Å². The lowest BCUT2D eigenvalue weighted by Crippen LogP contribution is -2.33. The van der Waals surface area contributed by atoms with Crippen LogP contribution >= 0.6 is 0 Å². The molecule has 1 saturated heterocycles. The van der Waals surface area contributed by atoms with Gasteiger partial charge in [0.2, 0.25) is 0 Å². The molecular weight excluding hydrogens is 568 g/mol. The Morgan fingerprint density at radius 2 is 1.86 bits per heavy atom. The number of fused-ring (bicyclic) bond motifs is 1. The molecule has 6 rings (SSSR count). The summed E-state index contributed by atoms with van der Waals surface area (Å²) in [7, 11) is -4.30. The van der Waals surface area contributed by atoms with Crippen LogP contribution in [0, 0.1) is 6.92 Å². The number of hydrogen-bond donors (Lipinski definition) is 5. The predicted molar refractivity (Wildman–Crippen MR) is 149 cm³/mol. The molecule has 4 atom stereocenters. The zero-order valence-electron chi connectivity index (χ0n) is 22.5. The third-order valence-corrected chi connectivity index (χ3v) is 8.99. The summed E-state index contributed by atoms with van der Waals surface area (Å²) in [6.45, 7) is 1.32. The number of rotatable bonds is 7. The minimum atomic E-state index is -4.30. The van der Waals surface area contributed by atoms with E-state index in [1.165, 1.54) is 40.1 Å². The number of aromatic nitrogens is 6. The van der Waals surface area contributed by atoms with Gasteiger partial charge in [0.25, 0.3) is 15.8 Å². The first-order chi connectivity index (χ1) is 20.2. The number of amides is 1. The molecule has 0 spiro atoms. The van der Waals surface area contributed by atoms with Gasteiger partial charge in [-0.3, -0.25) is 9.36 Å². The molecule has 16 heteroatoms. The summed E-state index contributed by atoms with van der Waals surface area (Å²) in [5.41, 5.74) is 1.61. The lowest BCUT2D eigenvalue weighted by Gasteiger charge is -2.18. The largest absolute Gasteiger partial charge is 0.394 e. The van der Waals surface area contributed by atoms with E-state index in [2.05, 4.69) is 30.7 Å². The van der Waals surface area contributed by atoms with Crippen LogP contribution < -0.4 is 10.6 Å². The number of benzene rings is 1. The van der Waals surface area contributed by atoms with Crippen LogP contribution in [0.1, 0.15) is 37.5 Å². The number of imidazole rings is 1. The van der Waals surface area contributed by atoms with E-state index < -0.39 is 46.2 Å². The molecule has 1 amide bonds. The second-order valence-electron chi connectivity index (χ2n) is 10.5. The fraction of sp³-hybridized carbons (Fsp3) is 0.423. The van der Waals surface area contributed by atoms with Gasteiger partial charge in [0.05, 0.1) is 35.9 Å². The first-order valence-electron chi connectivity index (χ1n) is 13.5. The van der Waals surface area contributed by atoms with Crippen LogP contribution in [-0.4, -0.2) is 89.2 Å². The Kier molecular flexibility index (Phi) is 7.40. The molecule has 2 unspecified atom stereocenters. The summed E-state index contributed by atoms with van der Waals surface area (Å²) in [4.78, 5) is 26.2. The maximum absolute atomic E-state index is 12.8. The van der Waals surface area contributed by atoms with E-state index in [0.29, 0.717) is 11.3 Å². The van der Waals surface area contributed by atoms with E-state index in [-0.39, 0.29) is 28.2 Å². The van der Waals surface area contributed by atoms with Gasteiger partial charge < -0.3 is 30.7 Å². The number of anilines is 2. The van der Waals surface area contributed by atoms with Crippen molar-refractivity contribution in [1.82, 2.24) is 29.3 Å². The van der Waals surface area contributed by atoms with Crippen LogP contribution in [0.2, 0.25) is 0 Å². The number of aliphatic hydroxyl groups excluding tert-OH is 3. The summed E-state index contributed by atoms with van der Waals surface area (Å²) in [6.07, 6.45) is 3.35. The second kappa shape index (κ2) is 11.0. The SMILES string of the molecule is Cc1ccc(S(=O)(=O)C(=O)Nc2cnn(-c3nc(NC4CCCC4)c4ncn([C@@H]5O[C@H](CO)C(O)C5O)c4n3)c2)cc1. The number of carbonyl (C=O) groups excluding carboxylic acids is 1. The van der Waals surface area contributed by atoms with E-state index in [1.807, 2.05) is 6.92 Å². The quantitative estimate of drug-likeness (QED) is 0.204. The number of sulfone groups is 1. The first-order valence-corrected chi connectivity index (χ1v) is 15.0.